The van der Waals surface area contributed by atoms with Crippen LogP contribution in [0.1, 0.15) is 38.2 Å². The number of ether oxygens (including phenoxy) is 2. The van der Waals surface area contributed by atoms with E-state index in [2.05, 4.69) is 27.8 Å². The van der Waals surface area contributed by atoms with Crippen molar-refractivity contribution in [3.8, 4) is 23.2 Å². The number of para-hydroxylation sites is 1. The molecule has 0 aliphatic heterocycles. The second-order valence-corrected chi connectivity index (χ2v) is 6.53. The van der Waals surface area contributed by atoms with Crippen molar-refractivity contribution in [2.45, 2.75) is 39.2 Å². The maximum absolute atomic E-state index is 5.93. The molecular weight excluding hydrogens is 354 g/mol. The minimum absolute atomic E-state index is 0.284. The minimum Gasteiger partial charge on any atom is -0.493 e. The smallest absolute Gasteiger partial charge is 0.346 e. The lowest BCUT2D eigenvalue weighted by atomic mass is 10.2. The van der Waals surface area contributed by atoms with E-state index in [1.54, 1.807) is 11.8 Å². The molecular formula is C21H27N5O2. The molecule has 3 rings (SSSR count). The van der Waals surface area contributed by atoms with Gasteiger partial charge in [0.1, 0.15) is 0 Å². The highest BCUT2D eigenvalue weighted by Gasteiger charge is 2.14. The summed E-state index contributed by atoms with van der Waals surface area (Å²) in [6.45, 7) is 4.04. The van der Waals surface area contributed by atoms with Crippen molar-refractivity contribution in [2.75, 3.05) is 13.7 Å². The number of hydrogen-bond donors (Lipinski definition) is 1. The van der Waals surface area contributed by atoms with Crippen molar-refractivity contribution in [3.05, 3.63) is 54.1 Å². The molecule has 0 bridgehead atoms. The summed E-state index contributed by atoms with van der Waals surface area (Å²) in [7, 11) is 1.63. The highest BCUT2D eigenvalue weighted by Crippen LogP contribution is 2.32. The van der Waals surface area contributed by atoms with E-state index < -0.39 is 0 Å². The van der Waals surface area contributed by atoms with E-state index in [0.29, 0.717) is 11.5 Å². The Kier molecular flexibility index (Phi) is 7.37. The van der Waals surface area contributed by atoms with Crippen LogP contribution in [0.4, 0.5) is 0 Å². The summed E-state index contributed by atoms with van der Waals surface area (Å²) in [5, 5.41) is 15.2. The van der Waals surface area contributed by atoms with E-state index in [1.807, 2.05) is 48.5 Å². The number of nitrogens with one attached hydrogen (secondary N) is 1. The van der Waals surface area contributed by atoms with Gasteiger partial charge in [-0.15, -0.1) is 0 Å². The number of rotatable bonds is 11. The summed E-state index contributed by atoms with van der Waals surface area (Å²) >= 11 is 0. The molecule has 28 heavy (non-hydrogen) atoms. The molecule has 0 aliphatic carbocycles. The van der Waals surface area contributed by atoms with Gasteiger partial charge in [-0.1, -0.05) is 55.6 Å². The molecule has 0 saturated heterocycles. The summed E-state index contributed by atoms with van der Waals surface area (Å²) < 4.78 is 13.0. The number of unbranched alkanes of at least 4 members (excludes halogenated alkanes) is 3. The first-order chi connectivity index (χ1) is 13.8. The van der Waals surface area contributed by atoms with E-state index >= 15 is 0 Å². The average molecular weight is 381 g/mol. The summed E-state index contributed by atoms with van der Waals surface area (Å²) in [5.74, 6) is 1.22. The zero-order valence-corrected chi connectivity index (χ0v) is 16.5. The van der Waals surface area contributed by atoms with E-state index in [-0.39, 0.29) is 6.01 Å². The van der Waals surface area contributed by atoms with Gasteiger partial charge in [0.15, 0.2) is 11.5 Å². The summed E-state index contributed by atoms with van der Waals surface area (Å²) in [5.41, 5.74) is 1.97. The third kappa shape index (κ3) is 5.29. The van der Waals surface area contributed by atoms with Crippen LogP contribution >= 0.6 is 0 Å². The zero-order chi connectivity index (χ0) is 19.6. The summed E-state index contributed by atoms with van der Waals surface area (Å²) in [4.78, 5) is 0. The predicted molar refractivity (Wildman–Crippen MR) is 108 cm³/mol. The van der Waals surface area contributed by atoms with Crippen LogP contribution in [0.15, 0.2) is 48.5 Å². The molecule has 7 nitrogen and oxygen atoms in total. The van der Waals surface area contributed by atoms with Gasteiger partial charge in [-0.3, -0.25) is 0 Å². The number of aromatic nitrogens is 4. The molecule has 1 N–H and O–H groups in total. The van der Waals surface area contributed by atoms with E-state index in [1.165, 1.54) is 25.7 Å². The van der Waals surface area contributed by atoms with Crippen molar-refractivity contribution in [1.82, 2.24) is 25.5 Å². The van der Waals surface area contributed by atoms with Crippen molar-refractivity contribution >= 4 is 0 Å². The van der Waals surface area contributed by atoms with Crippen LogP contribution in [0.3, 0.4) is 0 Å². The number of tetrazole rings is 1. The lowest BCUT2D eigenvalue weighted by molar-refractivity contribution is 0.362. The molecule has 0 spiro atoms. The second kappa shape index (κ2) is 10.4. The SMILES string of the molecule is CCCCCCNCc1ccc(Oc2nnnn2-c2ccccc2)c(OC)c1. The van der Waals surface area contributed by atoms with Crippen LogP contribution in [0.2, 0.25) is 0 Å². The lowest BCUT2D eigenvalue weighted by Crippen LogP contribution is -2.14. The lowest BCUT2D eigenvalue weighted by Gasteiger charge is -2.12. The maximum Gasteiger partial charge on any atom is 0.346 e. The van der Waals surface area contributed by atoms with Crippen LogP contribution < -0.4 is 14.8 Å². The number of benzene rings is 2. The van der Waals surface area contributed by atoms with Crippen molar-refractivity contribution in [1.29, 1.82) is 0 Å². The molecule has 0 atom stereocenters. The highest BCUT2D eigenvalue weighted by atomic mass is 16.5. The van der Waals surface area contributed by atoms with Crippen LogP contribution in [0.5, 0.6) is 17.5 Å². The number of hydrogen-bond acceptors (Lipinski definition) is 6. The molecule has 1 heterocycles. The Morgan fingerprint density at radius 3 is 2.64 bits per heavy atom. The fourth-order valence-electron chi connectivity index (χ4n) is 2.89. The maximum atomic E-state index is 5.93. The summed E-state index contributed by atoms with van der Waals surface area (Å²) in [6.07, 6.45) is 5.03. The Labute approximate surface area is 165 Å². The molecule has 148 valence electrons. The first kappa shape index (κ1) is 19.8. The minimum atomic E-state index is 0.284. The molecule has 2 aromatic carbocycles. The van der Waals surface area contributed by atoms with Crippen molar-refractivity contribution < 1.29 is 9.47 Å². The fraction of sp³-hybridized carbons (Fsp3) is 0.381. The molecule has 0 aliphatic rings. The Balaban J connectivity index is 1.65. The van der Waals surface area contributed by atoms with Gasteiger partial charge in [0.25, 0.3) is 0 Å². The molecule has 1 aromatic heterocycles. The van der Waals surface area contributed by atoms with Gasteiger partial charge in [0.2, 0.25) is 0 Å². The largest absolute Gasteiger partial charge is 0.493 e. The quantitative estimate of drug-likeness (QED) is 0.503. The second-order valence-electron chi connectivity index (χ2n) is 6.53. The average Bonchev–Trinajstić information content (AvgIpc) is 3.20. The third-order valence-electron chi connectivity index (χ3n) is 4.41. The van der Waals surface area contributed by atoms with Gasteiger partial charge in [-0.2, -0.15) is 4.68 Å². The fourth-order valence-corrected chi connectivity index (χ4v) is 2.89. The Morgan fingerprint density at radius 2 is 1.86 bits per heavy atom. The predicted octanol–water partition coefficient (Wildman–Crippen LogP) is 4.13. The molecule has 3 aromatic rings. The molecule has 0 saturated carbocycles. The molecule has 0 radical (unpaired) electrons. The van der Waals surface area contributed by atoms with Gasteiger partial charge in [-0.05, 0) is 53.2 Å². The van der Waals surface area contributed by atoms with Gasteiger partial charge in [0, 0.05) is 6.54 Å². The zero-order valence-electron chi connectivity index (χ0n) is 16.5. The number of methoxy groups -OCH3 is 1. The molecule has 0 fully saturated rings. The van der Waals surface area contributed by atoms with Crippen molar-refractivity contribution in [3.63, 3.8) is 0 Å². The van der Waals surface area contributed by atoms with Gasteiger partial charge in [-0.25, -0.2) is 0 Å². The van der Waals surface area contributed by atoms with Gasteiger partial charge >= 0.3 is 6.01 Å². The van der Waals surface area contributed by atoms with E-state index in [9.17, 15) is 0 Å². The van der Waals surface area contributed by atoms with Gasteiger partial charge < -0.3 is 14.8 Å². The van der Waals surface area contributed by atoms with E-state index in [4.69, 9.17) is 9.47 Å². The first-order valence-corrected chi connectivity index (χ1v) is 9.71. The Hall–Kier alpha value is -2.93. The highest BCUT2D eigenvalue weighted by molar-refractivity contribution is 5.44. The topological polar surface area (TPSA) is 74.1 Å². The molecule has 0 amide bonds. The van der Waals surface area contributed by atoms with Crippen LogP contribution in [-0.4, -0.2) is 33.9 Å². The molecule has 0 unspecified atom stereocenters. The van der Waals surface area contributed by atoms with Gasteiger partial charge in [0.05, 0.1) is 12.8 Å². The van der Waals surface area contributed by atoms with Crippen molar-refractivity contribution in [2.24, 2.45) is 0 Å². The Bertz CT molecular complexity index is 851. The number of nitrogens with zero attached hydrogens (tertiary/aromatic N) is 4. The monoisotopic (exact) mass is 381 g/mol. The standard InChI is InChI=1S/C21H27N5O2/c1-3-4-5-9-14-22-16-17-12-13-19(20(15-17)27-2)28-21-23-24-25-26(21)18-10-7-6-8-11-18/h6-8,10-13,15,22H,3-5,9,14,16H2,1-2H3. The van der Waals surface area contributed by atoms with E-state index in [0.717, 1.165) is 24.3 Å². The summed E-state index contributed by atoms with van der Waals surface area (Å²) in [6, 6.07) is 15.8. The third-order valence-corrected chi connectivity index (χ3v) is 4.41. The van der Waals surface area contributed by atoms with Crippen LogP contribution in [-0.2, 0) is 6.54 Å². The van der Waals surface area contributed by atoms with Crippen LogP contribution in [0, 0.1) is 0 Å². The Morgan fingerprint density at radius 1 is 1.00 bits per heavy atom. The normalized spacial score (nSPS) is 10.8. The van der Waals surface area contributed by atoms with Crippen LogP contribution in [0.25, 0.3) is 5.69 Å². The molecule has 7 heteroatoms. The first-order valence-electron chi connectivity index (χ1n) is 9.71.